The minimum Gasteiger partial charge on any atom is -0.380 e. The maximum Gasteiger partial charge on any atom is 0.229 e. The van der Waals surface area contributed by atoms with E-state index in [4.69, 9.17) is 9.72 Å². The second-order valence-electron chi connectivity index (χ2n) is 9.53. The molecule has 9 heteroatoms. The number of nitrogens with one attached hydrogen (secondary N) is 1. The number of ether oxygens (including phenoxy) is 1. The summed E-state index contributed by atoms with van der Waals surface area (Å²) >= 11 is 0. The summed E-state index contributed by atoms with van der Waals surface area (Å²) in [7, 11) is 0. The summed E-state index contributed by atoms with van der Waals surface area (Å²) < 4.78 is 7.42. The van der Waals surface area contributed by atoms with Crippen LogP contribution in [0.2, 0.25) is 0 Å². The van der Waals surface area contributed by atoms with Crippen LogP contribution < -0.4 is 10.2 Å². The second kappa shape index (κ2) is 6.40. The Morgan fingerprint density at radius 2 is 2.03 bits per heavy atom. The van der Waals surface area contributed by atoms with Gasteiger partial charge in [0, 0.05) is 49.6 Å². The molecule has 1 N–H and O–H groups in total. The molecule has 1 spiro atoms. The zero-order chi connectivity index (χ0) is 20.3. The lowest BCUT2D eigenvalue weighted by molar-refractivity contribution is -0.216. The van der Waals surface area contributed by atoms with Gasteiger partial charge in [-0.15, -0.1) is 0 Å². The largest absolute Gasteiger partial charge is 0.380 e. The molecule has 2 aromatic rings. The number of hydrogen-bond donors (Lipinski definition) is 1. The van der Waals surface area contributed by atoms with Gasteiger partial charge in [-0.1, -0.05) is 0 Å². The first-order valence-electron chi connectivity index (χ1n) is 10.7. The van der Waals surface area contributed by atoms with E-state index in [0.717, 1.165) is 56.5 Å². The molecule has 156 valence electrons. The van der Waals surface area contributed by atoms with Crippen LogP contribution in [0.25, 0.3) is 0 Å². The van der Waals surface area contributed by atoms with E-state index in [2.05, 4.69) is 31.3 Å². The number of aryl methyl sites for hydroxylation is 1. The smallest absolute Gasteiger partial charge is 0.229 e. The fourth-order valence-electron chi connectivity index (χ4n) is 4.94. The molecule has 5 heterocycles. The summed E-state index contributed by atoms with van der Waals surface area (Å²) in [5, 5.41) is 17.1. The summed E-state index contributed by atoms with van der Waals surface area (Å²) in [5.41, 5.74) is 2.25. The molecule has 0 aromatic carbocycles. The van der Waals surface area contributed by atoms with Gasteiger partial charge in [0.2, 0.25) is 5.95 Å². The number of anilines is 3. The third kappa shape index (κ3) is 2.86. The summed E-state index contributed by atoms with van der Waals surface area (Å²) in [6.45, 7) is 7.52. The van der Waals surface area contributed by atoms with Gasteiger partial charge in [-0.3, -0.25) is 9.58 Å². The Bertz CT molecular complexity index is 1000. The quantitative estimate of drug-likeness (QED) is 0.777. The van der Waals surface area contributed by atoms with Crippen molar-refractivity contribution in [2.45, 2.75) is 37.8 Å². The molecule has 0 bridgehead atoms. The van der Waals surface area contributed by atoms with Crippen LogP contribution in [-0.2, 0) is 4.74 Å². The maximum absolute atomic E-state index is 9.44. The van der Waals surface area contributed by atoms with Gasteiger partial charge in [0.05, 0.1) is 49.2 Å². The molecule has 1 saturated carbocycles. The Morgan fingerprint density at radius 1 is 1.23 bits per heavy atom. The van der Waals surface area contributed by atoms with Gasteiger partial charge in [0.25, 0.3) is 0 Å². The molecule has 3 aliphatic heterocycles. The van der Waals surface area contributed by atoms with Crippen molar-refractivity contribution >= 4 is 17.5 Å². The molecule has 4 aliphatic rings. The van der Waals surface area contributed by atoms with Crippen molar-refractivity contribution in [3.05, 3.63) is 24.2 Å². The fraction of sp³-hybridized carbons (Fsp3) is 0.619. The average Bonchev–Trinajstić information content (AvgIpc) is 3.38. The lowest BCUT2D eigenvalue weighted by Crippen LogP contribution is -2.79. The first-order chi connectivity index (χ1) is 14.6. The van der Waals surface area contributed by atoms with Crippen LogP contribution in [0, 0.1) is 23.7 Å². The monoisotopic (exact) mass is 406 g/mol. The lowest BCUT2D eigenvalue weighted by atomic mass is 9.71. The van der Waals surface area contributed by atoms with Gasteiger partial charge < -0.3 is 15.0 Å². The van der Waals surface area contributed by atoms with Crippen molar-refractivity contribution in [3.63, 3.8) is 0 Å². The van der Waals surface area contributed by atoms with Gasteiger partial charge in [-0.2, -0.15) is 15.3 Å². The third-order valence-electron chi connectivity index (χ3n) is 6.94. The van der Waals surface area contributed by atoms with E-state index in [-0.39, 0.29) is 5.54 Å². The number of rotatable bonds is 6. The van der Waals surface area contributed by atoms with Gasteiger partial charge in [-0.25, -0.2) is 4.98 Å². The first kappa shape index (κ1) is 18.1. The predicted molar refractivity (Wildman–Crippen MR) is 111 cm³/mol. The molecule has 4 fully saturated rings. The van der Waals surface area contributed by atoms with Gasteiger partial charge in [0.1, 0.15) is 5.82 Å². The zero-order valence-electron chi connectivity index (χ0n) is 17.2. The van der Waals surface area contributed by atoms with Gasteiger partial charge in [-0.05, 0) is 19.8 Å². The Kier molecular flexibility index (Phi) is 3.86. The van der Waals surface area contributed by atoms with Crippen LogP contribution >= 0.6 is 0 Å². The Balaban J connectivity index is 1.16. The fourth-order valence-corrected chi connectivity index (χ4v) is 4.94. The topological polar surface area (TPSA) is 95.1 Å². The van der Waals surface area contributed by atoms with Crippen molar-refractivity contribution in [2.24, 2.45) is 5.41 Å². The van der Waals surface area contributed by atoms with E-state index in [1.165, 1.54) is 12.8 Å². The molecule has 6 rings (SSSR count). The van der Waals surface area contributed by atoms with Crippen LogP contribution in [0.15, 0.2) is 18.6 Å². The van der Waals surface area contributed by atoms with Crippen LogP contribution in [-0.4, -0.2) is 69.6 Å². The number of nitrogens with zero attached hydrogens (tertiary/aromatic N) is 7. The number of nitriles is 1. The molecule has 0 atom stereocenters. The van der Waals surface area contributed by atoms with Gasteiger partial charge in [0.15, 0.2) is 0 Å². The summed E-state index contributed by atoms with van der Waals surface area (Å²) in [6, 6.07) is 2.97. The Hall–Kier alpha value is -2.70. The van der Waals surface area contributed by atoms with Crippen LogP contribution in [0.4, 0.5) is 17.5 Å². The Labute approximate surface area is 175 Å². The molecule has 0 amide bonds. The lowest BCUT2D eigenvalue weighted by Gasteiger charge is -2.65. The average molecular weight is 406 g/mol. The third-order valence-corrected chi connectivity index (χ3v) is 6.94. The van der Waals surface area contributed by atoms with E-state index >= 15 is 0 Å². The molecular formula is C21H26N8O. The van der Waals surface area contributed by atoms with Crippen molar-refractivity contribution in [3.8, 4) is 6.07 Å². The minimum absolute atomic E-state index is 0.0635. The molecule has 3 saturated heterocycles. The van der Waals surface area contributed by atoms with Crippen LogP contribution in [0.1, 0.15) is 30.9 Å². The van der Waals surface area contributed by atoms with Crippen LogP contribution in [0.3, 0.4) is 0 Å². The summed E-state index contributed by atoms with van der Waals surface area (Å²) in [4.78, 5) is 14.0. The first-order valence-corrected chi connectivity index (χ1v) is 10.7. The number of likely N-dealkylation sites (tertiary alicyclic amines) is 1. The van der Waals surface area contributed by atoms with E-state index in [1.54, 1.807) is 0 Å². The van der Waals surface area contributed by atoms with Crippen molar-refractivity contribution in [2.75, 3.05) is 49.6 Å². The van der Waals surface area contributed by atoms with Gasteiger partial charge >= 0.3 is 0 Å². The maximum atomic E-state index is 9.44. The van der Waals surface area contributed by atoms with E-state index < -0.39 is 0 Å². The number of hydrogen-bond acceptors (Lipinski definition) is 8. The minimum atomic E-state index is -0.0635. The highest BCUT2D eigenvalue weighted by atomic mass is 16.5. The SMILES string of the molecule is Cc1cnc(Nc2cnn(C3CC3)c2)nc1N1CC(CC#N)(N2CC3(COC3)C2)C1. The Morgan fingerprint density at radius 3 is 2.70 bits per heavy atom. The summed E-state index contributed by atoms with van der Waals surface area (Å²) in [6.07, 6.45) is 8.67. The predicted octanol–water partition coefficient (Wildman–Crippen LogP) is 1.86. The van der Waals surface area contributed by atoms with E-state index in [9.17, 15) is 5.26 Å². The van der Waals surface area contributed by atoms with Crippen LogP contribution in [0.5, 0.6) is 0 Å². The van der Waals surface area contributed by atoms with E-state index in [0.29, 0.717) is 23.8 Å². The molecule has 9 nitrogen and oxygen atoms in total. The normalized spacial score (nSPS) is 23.9. The highest BCUT2D eigenvalue weighted by Crippen LogP contribution is 2.46. The van der Waals surface area contributed by atoms with Crippen molar-refractivity contribution in [1.29, 1.82) is 5.26 Å². The highest BCUT2D eigenvalue weighted by molar-refractivity contribution is 5.57. The molecule has 1 aliphatic carbocycles. The molecule has 30 heavy (non-hydrogen) atoms. The van der Waals surface area contributed by atoms with Crippen molar-refractivity contribution in [1.82, 2.24) is 24.6 Å². The zero-order valence-corrected chi connectivity index (χ0v) is 17.2. The summed E-state index contributed by atoms with van der Waals surface area (Å²) in [5.74, 6) is 1.52. The highest BCUT2D eigenvalue weighted by Gasteiger charge is 2.59. The van der Waals surface area contributed by atoms with E-state index in [1.807, 2.05) is 30.2 Å². The molecule has 0 unspecified atom stereocenters. The second-order valence-corrected chi connectivity index (χ2v) is 9.53. The molecular weight excluding hydrogens is 380 g/mol. The number of aromatic nitrogens is 4. The van der Waals surface area contributed by atoms with Crippen molar-refractivity contribution < 1.29 is 4.74 Å². The molecule has 0 radical (unpaired) electrons. The standard InChI is InChI=1S/C21H26N8O/c1-15-6-23-19(25-16-7-24-29(8-16)17-2-3-17)26-18(15)27-11-21(12-27,4-5-22)28-9-20(10-28)13-30-14-20/h6-8,17H,2-4,9-14H2,1H3,(H,23,25,26). The molecule has 2 aromatic heterocycles.